The van der Waals surface area contributed by atoms with Crippen molar-refractivity contribution in [3.05, 3.63) is 46.0 Å². The van der Waals surface area contributed by atoms with Crippen molar-refractivity contribution in [3.63, 3.8) is 0 Å². The van der Waals surface area contributed by atoms with Gasteiger partial charge in [-0.1, -0.05) is 27.5 Å². The number of nitrogens with zero attached hydrogens (tertiary/aromatic N) is 1. The minimum absolute atomic E-state index is 0.0145. The lowest BCUT2D eigenvalue weighted by molar-refractivity contribution is 0.601. The highest BCUT2D eigenvalue weighted by Gasteiger charge is 2.16. The van der Waals surface area contributed by atoms with E-state index in [-0.39, 0.29) is 10.7 Å². The molecule has 19 heavy (non-hydrogen) atoms. The van der Waals surface area contributed by atoms with Crippen LogP contribution in [0.4, 0.5) is 11.5 Å². The molecule has 0 spiro atoms. The predicted molar refractivity (Wildman–Crippen MR) is 78.6 cm³/mol. The van der Waals surface area contributed by atoms with E-state index in [2.05, 4.69) is 25.6 Å². The molecule has 2 rings (SSSR count). The maximum absolute atomic E-state index is 12.1. The Bertz CT molecular complexity index is 704. The first kappa shape index (κ1) is 14.1. The number of nitrogens with one attached hydrogen (secondary N) is 1. The zero-order valence-corrected chi connectivity index (χ0v) is 12.6. The lowest BCUT2D eigenvalue weighted by Gasteiger charge is -2.09. The molecular formula is C11H9BrClN3O2S. The Morgan fingerprint density at radius 2 is 2.00 bits per heavy atom. The van der Waals surface area contributed by atoms with Gasteiger partial charge in [0.1, 0.15) is 10.7 Å². The largest absolute Gasteiger partial charge is 0.384 e. The fourth-order valence-electron chi connectivity index (χ4n) is 1.33. The summed E-state index contributed by atoms with van der Waals surface area (Å²) >= 11 is 9.20. The van der Waals surface area contributed by atoms with Crippen molar-refractivity contribution in [1.29, 1.82) is 0 Å². The zero-order valence-electron chi connectivity index (χ0n) is 9.47. The molecular weight excluding hydrogens is 354 g/mol. The van der Waals surface area contributed by atoms with E-state index >= 15 is 0 Å². The molecule has 0 radical (unpaired) electrons. The van der Waals surface area contributed by atoms with Crippen molar-refractivity contribution in [1.82, 2.24) is 4.98 Å². The van der Waals surface area contributed by atoms with Crippen LogP contribution in [0.25, 0.3) is 0 Å². The van der Waals surface area contributed by atoms with Crippen LogP contribution in [0.1, 0.15) is 0 Å². The number of nitrogens with two attached hydrogens (primary N) is 1. The van der Waals surface area contributed by atoms with E-state index in [1.165, 1.54) is 18.3 Å². The first-order valence-electron chi connectivity index (χ1n) is 5.08. The van der Waals surface area contributed by atoms with E-state index in [0.29, 0.717) is 10.7 Å². The first-order valence-corrected chi connectivity index (χ1v) is 7.73. The number of sulfonamides is 1. The number of aromatic nitrogens is 1. The number of pyridine rings is 1. The van der Waals surface area contributed by atoms with Gasteiger partial charge in [0.25, 0.3) is 10.0 Å². The molecule has 0 atom stereocenters. The van der Waals surface area contributed by atoms with Gasteiger partial charge in [0.05, 0.1) is 10.7 Å². The van der Waals surface area contributed by atoms with Crippen LogP contribution in [0.15, 0.2) is 45.9 Å². The molecule has 0 unspecified atom stereocenters. The fourth-order valence-corrected chi connectivity index (χ4v) is 3.13. The van der Waals surface area contributed by atoms with E-state index < -0.39 is 10.0 Å². The maximum Gasteiger partial charge on any atom is 0.263 e. The molecule has 0 aliphatic heterocycles. The highest BCUT2D eigenvalue weighted by molar-refractivity contribution is 9.10. The third kappa shape index (κ3) is 3.37. The molecule has 0 amide bonds. The quantitative estimate of drug-likeness (QED) is 0.879. The van der Waals surface area contributed by atoms with Gasteiger partial charge in [-0.3, -0.25) is 4.72 Å². The van der Waals surface area contributed by atoms with E-state index in [1.807, 2.05) is 0 Å². The standard InChI is InChI=1S/C11H9BrClN3O2S/c12-7-1-3-10(9(13)5-7)16-19(17,18)8-2-4-11(14)15-6-8/h1-6,16H,(H2,14,15). The summed E-state index contributed by atoms with van der Waals surface area (Å²) in [6.45, 7) is 0. The van der Waals surface area contributed by atoms with E-state index in [0.717, 1.165) is 4.47 Å². The van der Waals surface area contributed by atoms with Crippen molar-refractivity contribution in [2.24, 2.45) is 0 Å². The number of benzene rings is 1. The molecule has 5 nitrogen and oxygen atoms in total. The molecule has 2 aromatic rings. The Kier molecular flexibility index (Phi) is 3.98. The molecule has 0 saturated heterocycles. The summed E-state index contributed by atoms with van der Waals surface area (Å²) in [5.41, 5.74) is 5.70. The van der Waals surface area contributed by atoms with E-state index in [4.69, 9.17) is 17.3 Å². The summed E-state index contributed by atoms with van der Waals surface area (Å²) in [7, 11) is -3.73. The van der Waals surface area contributed by atoms with Gasteiger partial charge in [0, 0.05) is 10.7 Å². The van der Waals surface area contributed by atoms with Crippen LogP contribution in [0.3, 0.4) is 0 Å². The lowest BCUT2D eigenvalue weighted by atomic mass is 10.3. The van der Waals surface area contributed by atoms with Crippen molar-refractivity contribution in [3.8, 4) is 0 Å². The molecule has 0 saturated carbocycles. The van der Waals surface area contributed by atoms with Gasteiger partial charge in [0.2, 0.25) is 0 Å². The summed E-state index contributed by atoms with van der Waals surface area (Å²) in [4.78, 5) is 3.76. The van der Waals surface area contributed by atoms with Gasteiger partial charge in [-0.15, -0.1) is 0 Å². The molecule has 8 heteroatoms. The van der Waals surface area contributed by atoms with Crippen molar-refractivity contribution < 1.29 is 8.42 Å². The zero-order chi connectivity index (χ0) is 14.0. The number of hydrogen-bond acceptors (Lipinski definition) is 4. The Balaban J connectivity index is 2.33. The topological polar surface area (TPSA) is 85.1 Å². The second kappa shape index (κ2) is 5.36. The average molecular weight is 363 g/mol. The number of rotatable bonds is 3. The van der Waals surface area contributed by atoms with Crippen LogP contribution in [-0.4, -0.2) is 13.4 Å². The molecule has 0 bridgehead atoms. The third-order valence-electron chi connectivity index (χ3n) is 2.24. The molecule has 0 fully saturated rings. The molecule has 3 N–H and O–H groups in total. The molecule has 1 aromatic heterocycles. The van der Waals surface area contributed by atoms with E-state index in [9.17, 15) is 8.42 Å². The van der Waals surface area contributed by atoms with Crippen LogP contribution < -0.4 is 10.5 Å². The fraction of sp³-hybridized carbons (Fsp3) is 0. The Morgan fingerprint density at radius 1 is 1.26 bits per heavy atom. The first-order chi connectivity index (χ1) is 8.88. The number of anilines is 2. The van der Waals surface area contributed by atoms with Crippen LogP contribution >= 0.6 is 27.5 Å². The number of halogens is 2. The lowest BCUT2D eigenvalue weighted by Crippen LogP contribution is -2.13. The molecule has 1 heterocycles. The second-order valence-corrected chi connectivity index (χ2v) is 6.65. The summed E-state index contributed by atoms with van der Waals surface area (Å²) in [6, 6.07) is 7.63. The molecule has 100 valence electrons. The van der Waals surface area contributed by atoms with Gasteiger partial charge in [0.15, 0.2) is 0 Å². The number of hydrogen-bond donors (Lipinski definition) is 2. The predicted octanol–water partition coefficient (Wildman–Crippen LogP) is 2.88. The Morgan fingerprint density at radius 3 is 2.58 bits per heavy atom. The third-order valence-corrected chi connectivity index (χ3v) is 4.40. The van der Waals surface area contributed by atoms with Crippen LogP contribution in [0.5, 0.6) is 0 Å². The summed E-state index contributed by atoms with van der Waals surface area (Å²) in [5.74, 6) is 0.251. The second-order valence-electron chi connectivity index (χ2n) is 3.65. The van der Waals surface area contributed by atoms with Gasteiger partial charge >= 0.3 is 0 Å². The summed E-state index contributed by atoms with van der Waals surface area (Å²) in [5, 5.41) is 0.293. The van der Waals surface area contributed by atoms with Crippen LogP contribution in [-0.2, 0) is 10.0 Å². The average Bonchev–Trinajstić information content (AvgIpc) is 2.33. The summed E-state index contributed by atoms with van der Waals surface area (Å²) < 4.78 is 27.3. The normalized spacial score (nSPS) is 11.3. The summed E-state index contributed by atoms with van der Waals surface area (Å²) in [6.07, 6.45) is 1.18. The van der Waals surface area contributed by atoms with Crippen LogP contribution in [0.2, 0.25) is 5.02 Å². The molecule has 1 aromatic carbocycles. The minimum Gasteiger partial charge on any atom is -0.384 e. The highest BCUT2D eigenvalue weighted by atomic mass is 79.9. The molecule has 0 aliphatic carbocycles. The smallest absolute Gasteiger partial charge is 0.263 e. The maximum atomic E-state index is 12.1. The molecule has 0 aliphatic rings. The van der Waals surface area contributed by atoms with Gasteiger partial charge in [-0.05, 0) is 30.3 Å². The van der Waals surface area contributed by atoms with Gasteiger partial charge in [-0.2, -0.15) is 0 Å². The Hall–Kier alpha value is -1.31. The van der Waals surface area contributed by atoms with Crippen molar-refractivity contribution >= 4 is 49.1 Å². The SMILES string of the molecule is Nc1ccc(S(=O)(=O)Nc2ccc(Br)cc2Cl)cn1. The van der Waals surface area contributed by atoms with Crippen LogP contribution in [0, 0.1) is 0 Å². The van der Waals surface area contributed by atoms with Gasteiger partial charge in [-0.25, -0.2) is 13.4 Å². The van der Waals surface area contributed by atoms with Crippen molar-refractivity contribution in [2.75, 3.05) is 10.5 Å². The van der Waals surface area contributed by atoms with Crippen molar-refractivity contribution in [2.45, 2.75) is 4.90 Å². The number of nitrogen functional groups attached to an aromatic ring is 1. The minimum atomic E-state index is -3.73. The Labute approximate surface area is 124 Å². The highest BCUT2D eigenvalue weighted by Crippen LogP contribution is 2.27. The monoisotopic (exact) mass is 361 g/mol. The van der Waals surface area contributed by atoms with Gasteiger partial charge < -0.3 is 5.73 Å². The van der Waals surface area contributed by atoms with E-state index in [1.54, 1.807) is 18.2 Å².